The summed E-state index contributed by atoms with van der Waals surface area (Å²) in [4.78, 5) is 38.8. The summed E-state index contributed by atoms with van der Waals surface area (Å²) in [6.45, 7) is 4.25. The van der Waals surface area contributed by atoms with E-state index in [1.54, 1.807) is 37.3 Å². The average molecular weight is 557 g/mol. The first-order chi connectivity index (χ1) is 14.2. The minimum atomic E-state index is -0.821. The highest BCUT2D eigenvalue weighted by Gasteiger charge is 2.37. The Morgan fingerprint density at radius 3 is 2.47 bits per heavy atom. The highest BCUT2D eigenvalue weighted by Crippen LogP contribution is 2.36. The van der Waals surface area contributed by atoms with Crippen LogP contribution < -0.4 is 15.0 Å². The van der Waals surface area contributed by atoms with E-state index in [2.05, 4.69) is 37.2 Å². The molecule has 0 aliphatic carbocycles. The maximum absolute atomic E-state index is 13.1. The lowest BCUT2D eigenvalue weighted by Gasteiger charge is -2.27. The van der Waals surface area contributed by atoms with Crippen LogP contribution in [-0.4, -0.2) is 24.5 Å². The minimum absolute atomic E-state index is 0.171. The summed E-state index contributed by atoms with van der Waals surface area (Å²) in [5.74, 6) is -0.864. The summed E-state index contributed by atoms with van der Waals surface area (Å²) in [7, 11) is 0. The molecule has 156 valence electrons. The van der Waals surface area contributed by atoms with Gasteiger partial charge in [-0.15, -0.1) is 0 Å². The van der Waals surface area contributed by atoms with E-state index < -0.39 is 17.8 Å². The molecule has 1 aliphatic heterocycles. The molecule has 0 bridgehead atoms. The highest BCUT2D eigenvalue weighted by atomic mass is 79.9. The Kier molecular flexibility index (Phi) is 7.00. The molecule has 0 atom stereocenters. The highest BCUT2D eigenvalue weighted by molar-refractivity contribution is 9.11. The van der Waals surface area contributed by atoms with Gasteiger partial charge in [-0.25, -0.2) is 9.69 Å². The van der Waals surface area contributed by atoms with Gasteiger partial charge >= 0.3 is 6.03 Å². The number of anilines is 1. The number of rotatable bonds is 5. The molecule has 2 aromatic carbocycles. The van der Waals surface area contributed by atoms with Crippen molar-refractivity contribution >= 4 is 73.1 Å². The molecule has 1 saturated heterocycles. The standard InChI is InChI=1S/C21H17Br2ClN2O4/c1-3-7-30-18-14(22)9-12(10-15(18)23)8-13-19(27)25-21(29)26(20(13)28)17-6-4-5-16(24)11(17)2/h4-6,8-10H,3,7H2,1-2H3,(H,25,27,29)/b13-8+. The van der Waals surface area contributed by atoms with Gasteiger partial charge in [0.25, 0.3) is 11.8 Å². The number of imide groups is 2. The van der Waals surface area contributed by atoms with Crippen LogP contribution >= 0.6 is 43.5 Å². The van der Waals surface area contributed by atoms with Gasteiger partial charge in [0, 0.05) is 5.02 Å². The second kappa shape index (κ2) is 9.32. The summed E-state index contributed by atoms with van der Waals surface area (Å²) in [5.41, 5.74) is 1.27. The number of nitrogens with one attached hydrogen (secondary N) is 1. The normalized spacial score (nSPS) is 15.6. The Hall–Kier alpha value is -2.16. The number of hydrogen-bond acceptors (Lipinski definition) is 4. The quantitative estimate of drug-likeness (QED) is 0.383. The first kappa shape index (κ1) is 22.5. The molecule has 4 amide bonds. The molecule has 1 heterocycles. The molecule has 3 rings (SSSR count). The maximum Gasteiger partial charge on any atom is 0.335 e. The number of hydrogen-bond donors (Lipinski definition) is 1. The topological polar surface area (TPSA) is 75.7 Å². The summed E-state index contributed by atoms with van der Waals surface area (Å²) in [5, 5.41) is 2.62. The molecule has 0 saturated carbocycles. The zero-order valence-electron chi connectivity index (χ0n) is 16.1. The van der Waals surface area contributed by atoms with Crippen LogP contribution in [0.2, 0.25) is 5.02 Å². The number of benzene rings is 2. The predicted octanol–water partition coefficient (Wildman–Crippen LogP) is 5.63. The Morgan fingerprint density at radius 1 is 1.17 bits per heavy atom. The lowest BCUT2D eigenvalue weighted by atomic mass is 10.1. The van der Waals surface area contributed by atoms with Gasteiger partial charge in [0.1, 0.15) is 11.3 Å². The van der Waals surface area contributed by atoms with E-state index in [0.717, 1.165) is 11.3 Å². The van der Waals surface area contributed by atoms with Crippen LogP contribution in [-0.2, 0) is 9.59 Å². The minimum Gasteiger partial charge on any atom is -0.491 e. The molecule has 9 heteroatoms. The first-order valence-corrected chi connectivity index (χ1v) is 11.0. The number of carbonyl (C=O) groups is 3. The summed E-state index contributed by atoms with van der Waals surface area (Å²) in [6.07, 6.45) is 2.28. The molecule has 1 fully saturated rings. The average Bonchev–Trinajstić information content (AvgIpc) is 2.67. The van der Waals surface area contributed by atoms with Crippen LogP contribution in [0.5, 0.6) is 5.75 Å². The van der Waals surface area contributed by atoms with Crippen molar-refractivity contribution in [2.45, 2.75) is 20.3 Å². The van der Waals surface area contributed by atoms with Crippen LogP contribution in [0.3, 0.4) is 0 Å². The van der Waals surface area contributed by atoms with E-state index >= 15 is 0 Å². The third-order valence-corrected chi connectivity index (χ3v) is 5.95. The first-order valence-electron chi connectivity index (χ1n) is 9.03. The zero-order valence-corrected chi connectivity index (χ0v) is 20.0. The van der Waals surface area contributed by atoms with Gasteiger partial charge < -0.3 is 4.74 Å². The van der Waals surface area contributed by atoms with Crippen molar-refractivity contribution in [3.05, 3.63) is 61.0 Å². The van der Waals surface area contributed by atoms with E-state index in [4.69, 9.17) is 16.3 Å². The molecule has 0 radical (unpaired) electrons. The van der Waals surface area contributed by atoms with Crippen molar-refractivity contribution in [2.24, 2.45) is 0 Å². The van der Waals surface area contributed by atoms with Crippen molar-refractivity contribution in [2.75, 3.05) is 11.5 Å². The molecule has 6 nitrogen and oxygen atoms in total. The summed E-state index contributed by atoms with van der Waals surface area (Å²) < 4.78 is 7.02. The Labute approximate surface area is 195 Å². The number of barbiturate groups is 1. The fraction of sp³-hybridized carbons (Fsp3) is 0.190. The lowest BCUT2D eigenvalue weighted by molar-refractivity contribution is -0.122. The van der Waals surface area contributed by atoms with Gasteiger partial charge in [-0.1, -0.05) is 24.6 Å². The number of amides is 4. The van der Waals surface area contributed by atoms with Crippen molar-refractivity contribution in [3.63, 3.8) is 0 Å². The second-order valence-electron chi connectivity index (χ2n) is 6.50. The molecule has 0 spiro atoms. The van der Waals surface area contributed by atoms with Crippen LogP contribution in [0.15, 0.2) is 44.9 Å². The Morgan fingerprint density at radius 2 is 1.83 bits per heavy atom. The third-order valence-electron chi connectivity index (χ3n) is 4.36. The smallest absolute Gasteiger partial charge is 0.335 e. The molecule has 1 N–H and O–H groups in total. The maximum atomic E-state index is 13.1. The van der Waals surface area contributed by atoms with Crippen molar-refractivity contribution in [1.29, 1.82) is 0 Å². The van der Waals surface area contributed by atoms with Crippen LogP contribution in [0.1, 0.15) is 24.5 Å². The van der Waals surface area contributed by atoms with E-state index in [0.29, 0.717) is 43.1 Å². The number of carbonyl (C=O) groups excluding carboxylic acids is 3. The molecule has 2 aromatic rings. The molecule has 30 heavy (non-hydrogen) atoms. The molecular weight excluding hydrogens is 540 g/mol. The number of urea groups is 1. The largest absolute Gasteiger partial charge is 0.491 e. The Bertz CT molecular complexity index is 1060. The van der Waals surface area contributed by atoms with Gasteiger partial charge in [-0.05, 0) is 86.7 Å². The monoisotopic (exact) mass is 554 g/mol. The molecule has 0 aromatic heterocycles. The van der Waals surface area contributed by atoms with Crippen molar-refractivity contribution in [3.8, 4) is 5.75 Å². The van der Waals surface area contributed by atoms with E-state index in [1.807, 2.05) is 6.92 Å². The molecule has 1 aliphatic rings. The van der Waals surface area contributed by atoms with Gasteiger partial charge in [-0.2, -0.15) is 0 Å². The number of halogens is 3. The van der Waals surface area contributed by atoms with Gasteiger partial charge in [0.15, 0.2) is 0 Å². The van der Waals surface area contributed by atoms with Crippen LogP contribution in [0, 0.1) is 6.92 Å². The fourth-order valence-electron chi connectivity index (χ4n) is 2.89. The fourth-order valence-corrected chi connectivity index (χ4v) is 4.51. The van der Waals surface area contributed by atoms with Crippen LogP contribution in [0.25, 0.3) is 6.08 Å². The predicted molar refractivity (Wildman–Crippen MR) is 123 cm³/mol. The van der Waals surface area contributed by atoms with E-state index in [1.165, 1.54) is 6.08 Å². The van der Waals surface area contributed by atoms with E-state index in [9.17, 15) is 14.4 Å². The number of nitrogens with zero attached hydrogens (tertiary/aromatic N) is 1. The lowest BCUT2D eigenvalue weighted by Crippen LogP contribution is -2.54. The van der Waals surface area contributed by atoms with Crippen molar-refractivity contribution in [1.82, 2.24) is 5.32 Å². The summed E-state index contributed by atoms with van der Waals surface area (Å²) in [6, 6.07) is 7.53. The zero-order chi connectivity index (χ0) is 22.0. The van der Waals surface area contributed by atoms with Gasteiger partial charge in [0.2, 0.25) is 0 Å². The SMILES string of the molecule is CCCOc1c(Br)cc(/C=C2\C(=O)NC(=O)N(c3cccc(Cl)c3C)C2=O)cc1Br. The van der Waals surface area contributed by atoms with Gasteiger partial charge in [0.05, 0.1) is 21.2 Å². The summed E-state index contributed by atoms with van der Waals surface area (Å²) >= 11 is 13.0. The second-order valence-corrected chi connectivity index (χ2v) is 8.62. The van der Waals surface area contributed by atoms with Crippen molar-refractivity contribution < 1.29 is 19.1 Å². The number of ether oxygens (including phenoxy) is 1. The third kappa shape index (κ3) is 4.45. The Balaban J connectivity index is 2.02. The molecular formula is C21H17Br2ClN2O4. The van der Waals surface area contributed by atoms with Gasteiger partial charge in [-0.3, -0.25) is 14.9 Å². The molecule has 0 unspecified atom stereocenters. The van der Waals surface area contributed by atoms with Crippen LogP contribution in [0.4, 0.5) is 10.5 Å². The van der Waals surface area contributed by atoms with E-state index in [-0.39, 0.29) is 5.57 Å².